The lowest BCUT2D eigenvalue weighted by atomic mass is 9.97. The summed E-state index contributed by atoms with van der Waals surface area (Å²) in [6.07, 6.45) is 1.29. The van der Waals surface area contributed by atoms with E-state index in [2.05, 4.69) is 0 Å². The number of carboxylic acids is 1. The predicted octanol–water partition coefficient (Wildman–Crippen LogP) is 1.64. The highest BCUT2D eigenvalue weighted by atomic mass is 16.5. The number of hydrogen-bond donors (Lipinski definition) is 1. The van der Waals surface area contributed by atoms with Crippen molar-refractivity contribution in [2.75, 3.05) is 27.3 Å². The highest BCUT2D eigenvalue weighted by Crippen LogP contribution is 2.32. The monoisotopic (exact) mass is 293 g/mol. The maximum atomic E-state index is 12.6. The summed E-state index contributed by atoms with van der Waals surface area (Å²) in [5.41, 5.74) is 0.392. The third kappa shape index (κ3) is 3.09. The van der Waals surface area contributed by atoms with Crippen molar-refractivity contribution in [3.8, 4) is 11.5 Å². The first kappa shape index (κ1) is 15.2. The van der Waals surface area contributed by atoms with Gasteiger partial charge in [0.15, 0.2) is 11.5 Å². The van der Waals surface area contributed by atoms with Gasteiger partial charge in [-0.25, -0.2) is 0 Å². The van der Waals surface area contributed by atoms with Gasteiger partial charge in [-0.05, 0) is 25.0 Å². The number of carbonyl (C=O) groups is 2. The van der Waals surface area contributed by atoms with Crippen LogP contribution in [-0.4, -0.2) is 49.2 Å². The van der Waals surface area contributed by atoms with Gasteiger partial charge in [0, 0.05) is 13.1 Å². The summed E-state index contributed by atoms with van der Waals surface area (Å²) >= 11 is 0. The quantitative estimate of drug-likeness (QED) is 0.913. The third-order valence-electron chi connectivity index (χ3n) is 3.69. The van der Waals surface area contributed by atoms with Crippen LogP contribution in [0.5, 0.6) is 11.5 Å². The Morgan fingerprint density at radius 1 is 1.29 bits per heavy atom. The highest BCUT2D eigenvalue weighted by molar-refractivity contribution is 5.98. The average molecular weight is 293 g/mol. The normalized spacial score (nSPS) is 18.2. The molecule has 1 heterocycles. The Morgan fingerprint density at radius 2 is 2.05 bits per heavy atom. The van der Waals surface area contributed by atoms with Gasteiger partial charge in [0.1, 0.15) is 0 Å². The zero-order chi connectivity index (χ0) is 15.4. The van der Waals surface area contributed by atoms with E-state index in [0.717, 1.165) is 0 Å². The molecular formula is C15H19NO5. The van der Waals surface area contributed by atoms with E-state index in [1.807, 2.05) is 0 Å². The number of ether oxygens (including phenoxy) is 2. The molecule has 1 fully saturated rings. The lowest BCUT2D eigenvalue weighted by Crippen LogP contribution is -2.42. The minimum absolute atomic E-state index is 0.225. The molecule has 0 saturated carbocycles. The van der Waals surface area contributed by atoms with Crippen molar-refractivity contribution in [1.82, 2.24) is 4.90 Å². The number of carboxylic acid groups (broad SMARTS) is 1. The van der Waals surface area contributed by atoms with E-state index in [9.17, 15) is 9.59 Å². The molecule has 0 bridgehead atoms. The van der Waals surface area contributed by atoms with Gasteiger partial charge in [0.2, 0.25) is 0 Å². The van der Waals surface area contributed by atoms with Gasteiger partial charge in [0.05, 0.1) is 25.7 Å². The van der Waals surface area contributed by atoms with Gasteiger partial charge in [-0.15, -0.1) is 0 Å². The average Bonchev–Trinajstić information content (AvgIpc) is 2.53. The van der Waals surface area contributed by atoms with Crippen LogP contribution in [0.2, 0.25) is 0 Å². The molecule has 0 aliphatic carbocycles. The van der Waals surface area contributed by atoms with Gasteiger partial charge in [-0.2, -0.15) is 0 Å². The van der Waals surface area contributed by atoms with Gasteiger partial charge in [0.25, 0.3) is 5.91 Å². The maximum absolute atomic E-state index is 12.6. The summed E-state index contributed by atoms with van der Waals surface area (Å²) in [4.78, 5) is 25.3. The smallest absolute Gasteiger partial charge is 0.308 e. The van der Waals surface area contributed by atoms with E-state index < -0.39 is 11.9 Å². The highest BCUT2D eigenvalue weighted by Gasteiger charge is 2.30. The molecule has 1 amide bonds. The molecule has 1 saturated heterocycles. The third-order valence-corrected chi connectivity index (χ3v) is 3.69. The number of nitrogens with zero attached hydrogens (tertiary/aromatic N) is 1. The molecule has 1 atom stereocenters. The summed E-state index contributed by atoms with van der Waals surface area (Å²) < 4.78 is 10.4. The summed E-state index contributed by atoms with van der Waals surface area (Å²) in [5, 5.41) is 9.11. The SMILES string of the molecule is COc1cccc(C(=O)N2CCC[C@H](C(=O)O)C2)c1OC. The molecule has 0 spiro atoms. The second-order valence-corrected chi connectivity index (χ2v) is 4.97. The molecule has 2 rings (SSSR count). The second-order valence-electron chi connectivity index (χ2n) is 4.97. The summed E-state index contributed by atoms with van der Waals surface area (Å²) in [6, 6.07) is 5.09. The van der Waals surface area contributed by atoms with Crippen LogP contribution in [0, 0.1) is 5.92 Å². The topological polar surface area (TPSA) is 76.1 Å². The van der Waals surface area contributed by atoms with Crippen LogP contribution < -0.4 is 9.47 Å². The molecular weight excluding hydrogens is 274 g/mol. The first-order valence-electron chi connectivity index (χ1n) is 6.81. The second kappa shape index (κ2) is 6.47. The molecule has 0 aromatic heterocycles. The number of methoxy groups -OCH3 is 2. The molecule has 1 aromatic carbocycles. The first-order chi connectivity index (χ1) is 10.1. The van der Waals surface area contributed by atoms with Crippen molar-refractivity contribution in [3.63, 3.8) is 0 Å². The van der Waals surface area contributed by atoms with Gasteiger partial charge in [-0.3, -0.25) is 9.59 Å². The van der Waals surface area contributed by atoms with Crippen LogP contribution in [0.15, 0.2) is 18.2 Å². The summed E-state index contributed by atoms with van der Waals surface area (Å²) in [6.45, 7) is 0.789. The van der Waals surface area contributed by atoms with Crippen molar-refractivity contribution in [3.05, 3.63) is 23.8 Å². The number of rotatable bonds is 4. The van der Waals surface area contributed by atoms with E-state index in [1.54, 1.807) is 23.1 Å². The Hall–Kier alpha value is -2.24. The molecule has 6 heteroatoms. The molecule has 0 radical (unpaired) electrons. The Kier molecular flexibility index (Phi) is 4.67. The molecule has 1 N–H and O–H groups in total. The lowest BCUT2D eigenvalue weighted by Gasteiger charge is -2.31. The van der Waals surface area contributed by atoms with Crippen molar-refractivity contribution < 1.29 is 24.2 Å². The lowest BCUT2D eigenvalue weighted by molar-refractivity contribution is -0.143. The van der Waals surface area contributed by atoms with Crippen LogP contribution in [0.25, 0.3) is 0 Å². The number of hydrogen-bond acceptors (Lipinski definition) is 4. The molecule has 21 heavy (non-hydrogen) atoms. The van der Waals surface area contributed by atoms with E-state index in [4.69, 9.17) is 14.6 Å². The first-order valence-corrected chi connectivity index (χ1v) is 6.81. The number of carbonyl (C=O) groups excluding carboxylic acids is 1. The van der Waals surface area contributed by atoms with Gasteiger partial charge < -0.3 is 19.5 Å². The predicted molar refractivity (Wildman–Crippen MR) is 75.8 cm³/mol. The number of aliphatic carboxylic acids is 1. The zero-order valence-corrected chi connectivity index (χ0v) is 12.2. The van der Waals surface area contributed by atoms with E-state index in [-0.39, 0.29) is 12.5 Å². The Labute approximate surface area is 123 Å². The largest absolute Gasteiger partial charge is 0.493 e. The van der Waals surface area contributed by atoms with Gasteiger partial charge in [-0.1, -0.05) is 6.07 Å². The fourth-order valence-corrected chi connectivity index (χ4v) is 2.59. The number of benzene rings is 1. The molecule has 1 aliphatic rings. The minimum atomic E-state index is -0.856. The van der Waals surface area contributed by atoms with E-state index in [1.165, 1.54) is 14.2 Å². The van der Waals surface area contributed by atoms with Crippen LogP contribution in [-0.2, 0) is 4.79 Å². The number of piperidine rings is 1. The van der Waals surface area contributed by atoms with Gasteiger partial charge >= 0.3 is 5.97 Å². The number of para-hydroxylation sites is 1. The zero-order valence-electron chi connectivity index (χ0n) is 12.2. The molecule has 1 aromatic rings. The van der Waals surface area contributed by atoms with E-state index >= 15 is 0 Å². The van der Waals surface area contributed by atoms with Crippen LogP contribution in [0.4, 0.5) is 0 Å². The number of likely N-dealkylation sites (tertiary alicyclic amines) is 1. The molecule has 1 aliphatic heterocycles. The van der Waals surface area contributed by atoms with Crippen LogP contribution in [0.1, 0.15) is 23.2 Å². The Balaban J connectivity index is 2.25. The summed E-state index contributed by atoms with van der Waals surface area (Å²) in [7, 11) is 2.98. The van der Waals surface area contributed by atoms with E-state index in [0.29, 0.717) is 36.4 Å². The fourth-order valence-electron chi connectivity index (χ4n) is 2.59. The number of amides is 1. The van der Waals surface area contributed by atoms with Crippen molar-refractivity contribution in [2.45, 2.75) is 12.8 Å². The molecule has 0 unspecified atom stereocenters. The Bertz CT molecular complexity index is 543. The maximum Gasteiger partial charge on any atom is 0.308 e. The summed E-state index contributed by atoms with van der Waals surface area (Å²) in [5.74, 6) is -0.723. The van der Waals surface area contributed by atoms with Crippen molar-refractivity contribution in [2.24, 2.45) is 5.92 Å². The molecule has 6 nitrogen and oxygen atoms in total. The molecule has 114 valence electrons. The van der Waals surface area contributed by atoms with Crippen molar-refractivity contribution in [1.29, 1.82) is 0 Å². The minimum Gasteiger partial charge on any atom is -0.493 e. The van der Waals surface area contributed by atoms with Crippen LogP contribution >= 0.6 is 0 Å². The van der Waals surface area contributed by atoms with Crippen LogP contribution in [0.3, 0.4) is 0 Å². The Morgan fingerprint density at radius 3 is 2.67 bits per heavy atom. The standard InChI is InChI=1S/C15H19NO5/c1-20-12-7-3-6-11(13(12)21-2)14(17)16-8-4-5-10(9-16)15(18)19/h3,6-7,10H,4-5,8-9H2,1-2H3,(H,18,19)/t10-/m0/s1. The van der Waals surface area contributed by atoms with Crippen molar-refractivity contribution >= 4 is 11.9 Å². The fraction of sp³-hybridized carbons (Fsp3) is 0.467.